The molecule has 0 aliphatic carbocycles. The second kappa shape index (κ2) is 6.66. The molecule has 21 heavy (non-hydrogen) atoms. The molecule has 0 amide bonds. The van der Waals surface area contributed by atoms with Gasteiger partial charge in [0.2, 0.25) is 5.95 Å². The lowest BCUT2D eigenvalue weighted by molar-refractivity contribution is -0.136. The molecule has 2 N–H and O–H groups in total. The van der Waals surface area contributed by atoms with Crippen molar-refractivity contribution >= 4 is 23.7 Å². The summed E-state index contributed by atoms with van der Waals surface area (Å²) in [6.45, 7) is 6.01. The monoisotopic (exact) mass is 310 g/mol. The van der Waals surface area contributed by atoms with Crippen LogP contribution in [0.3, 0.4) is 0 Å². The Kier molecular flexibility index (Phi) is 4.89. The second-order valence-electron chi connectivity index (χ2n) is 4.52. The van der Waals surface area contributed by atoms with Crippen LogP contribution >= 0.6 is 11.8 Å². The summed E-state index contributed by atoms with van der Waals surface area (Å²) in [4.78, 5) is 11.6. The van der Waals surface area contributed by atoms with E-state index in [0.29, 0.717) is 41.2 Å². The van der Waals surface area contributed by atoms with Gasteiger partial charge in [0, 0.05) is 18.7 Å². The molecule has 0 aromatic carbocycles. The van der Waals surface area contributed by atoms with Crippen molar-refractivity contribution in [2.75, 3.05) is 18.6 Å². The lowest BCUT2D eigenvalue weighted by Crippen LogP contribution is -2.12. The number of rotatable bonds is 6. The maximum atomic E-state index is 11.6. The molecule has 0 radical (unpaired) electrons. The summed E-state index contributed by atoms with van der Waals surface area (Å²) in [5, 5.41) is 8.58. The molecular formula is C13H18N4O3S. The number of nitrogen functional groups attached to an aromatic ring is 1. The number of carbonyl (C=O) groups is 1. The number of methoxy groups -OCH3 is 1. The minimum atomic E-state index is -0.334. The summed E-state index contributed by atoms with van der Waals surface area (Å²) in [7, 11) is 1.37. The summed E-state index contributed by atoms with van der Waals surface area (Å²) >= 11 is 1.49. The van der Waals surface area contributed by atoms with Gasteiger partial charge in [0.05, 0.1) is 12.7 Å². The van der Waals surface area contributed by atoms with Crippen LogP contribution < -0.4 is 5.73 Å². The number of hydrogen-bond donors (Lipinski definition) is 1. The molecule has 1 atom stereocenters. The Morgan fingerprint density at radius 2 is 2.43 bits per heavy atom. The first-order valence-electron chi connectivity index (χ1n) is 6.43. The number of nitrogens with two attached hydrogens (primary N) is 1. The minimum absolute atomic E-state index is 0.0841. The van der Waals surface area contributed by atoms with Crippen molar-refractivity contribution in [3.05, 3.63) is 24.0 Å². The number of ether oxygens (including phenoxy) is 2. The number of allylic oxidation sites excluding steroid dienone is 2. The molecule has 2 heterocycles. The molecule has 0 unspecified atom stereocenters. The van der Waals surface area contributed by atoms with Crippen LogP contribution in [0.25, 0.3) is 0 Å². The van der Waals surface area contributed by atoms with Crippen molar-refractivity contribution in [3.8, 4) is 0 Å². The molecule has 7 nitrogen and oxygen atoms in total. The van der Waals surface area contributed by atoms with Crippen LogP contribution in [0.15, 0.2) is 29.1 Å². The van der Waals surface area contributed by atoms with E-state index in [1.807, 2.05) is 0 Å². The van der Waals surface area contributed by atoms with E-state index in [9.17, 15) is 4.79 Å². The number of hydrogen-bond acceptors (Lipinski definition) is 7. The highest BCUT2D eigenvalue weighted by Crippen LogP contribution is 2.30. The standard InChI is InChI=1S/C13H18N4O3S/c1-4-5-17-12(14)15-16-13(17)21-7-9-6-10(8(2)20-9)11(18)19-3/h4,9H,1,5-7H2,2-3H3,(H2,14,15)/t9-/m1/s1. The second-order valence-corrected chi connectivity index (χ2v) is 5.51. The van der Waals surface area contributed by atoms with Gasteiger partial charge in [0.25, 0.3) is 0 Å². The van der Waals surface area contributed by atoms with Gasteiger partial charge in [0.1, 0.15) is 11.9 Å². The van der Waals surface area contributed by atoms with Crippen molar-refractivity contribution < 1.29 is 14.3 Å². The van der Waals surface area contributed by atoms with E-state index < -0.39 is 0 Å². The van der Waals surface area contributed by atoms with Gasteiger partial charge in [-0.3, -0.25) is 4.57 Å². The van der Waals surface area contributed by atoms with Crippen molar-refractivity contribution in [1.29, 1.82) is 0 Å². The zero-order valence-corrected chi connectivity index (χ0v) is 12.9. The summed E-state index contributed by atoms with van der Waals surface area (Å²) in [5.74, 6) is 1.29. The summed E-state index contributed by atoms with van der Waals surface area (Å²) < 4.78 is 12.2. The van der Waals surface area contributed by atoms with Gasteiger partial charge >= 0.3 is 5.97 Å². The third-order valence-electron chi connectivity index (χ3n) is 3.09. The molecule has 1 aliphatic heterocycles. The number of esters is 1. The Morgan fingerprint density at radius 1 is 1.67 bits per heavy atom. The third-order valence-corrected chi connectivity index (χ3v) is 4.19. The van der Waals surface area contributed by atoms with E-state index in [1.165, 1.54) is 18.9 Å². The molecule has 1 aromatic heterocycles. The van der Waals surface area contributed by atoms with Crippen molar-refractivity contribution in [2.24, 2.45) is 0 Å². The van der Waals surface area contributed by atoms with Gasteiger partial charge in [-0.2, -0.15) is 0 Å². The largest absolute Gasteiger partial charge is 0.493 e. The number of anilines is 1. The molecule has 0 spiro atoms. The Bertz CT molecular complexity index is 582. The zero-order valence-electron chi connectivity index (χ0n) is 12.0. The van der Waals surface area contributed by atoms with Crippen LogP contribution in [0.5, 0.6) is 0 Å². The highest BCUT2D eigenvalue weighted by molar-refractivity contribution is 7.99. The quantitative estimate of drug-likeness (QED) is 0.482. The smallest absolute Gasteiger partial charge is 0.337 e. The summed E-state index contributed by atoms with van der Waals surface area (Å²) in [6.07, 6.45) is 2.19. The predicted molar refractivity (Wildman–Crippen MR) is 79.6 cm³/mol. The Morgan fingerprint density at radius 3 is 3.10 bits per heavy atom. The molecule has 0 saturated carbocycles. The molecule has 0 saturated heterocycles. The first-order valence-corrected chi connectivity index (χ1v) is 7.42. The average molecular weight is 310 g/mol. The fraction of sp³-hybridized carbons (Fsp3) is 0.462. The van der Waals surface area contributed by atoms with Gasteiger partial charge in [-0.1, -0.05) is 17.8 Å². The molecular weight excluding hydrogens is 292 g/mol. The predicted octanol–water partition coefficient (Wildman–Crippen LogP) is 1.37. The maximum Gasteiger partial charge on any atom is 0.337 e. The van der Waals surface area contributed by atoms with Crippen LogP contribution in [0.4, 0.5) is 5.95 Å². The maximum absolute atomic E-state index is 11.6. The van der Waals surface area contributed by atoms with E-state index in [1.54, 1.807) is 17.6 Å². The van der Waals surface area contributed by atoms with Crippen LogP contribution in [0.2, 0.25) is 0 Å². The summed E-state index contributed by atoms with van der Waals surface area (Å²) in [5.41, 5.74) is 6.33. The van der Waals surface area contributed by atoms with E-state index in [2.05, 4.69) is 16.8 Å². The normalized spacial score (nSPS) is 17.7. The van der Waals surface area contributed by atoms with Gasteiger partial charge in [-0.25, -0.2) is 4.79 Å². The molecule has 0 bridgehead atoms. The fourth-order valence-corrected chi connectivity index (χ4v) is 3.00. The average Bonchev–Trinajstić information content (AvgIpc) is 3.01. The van der Waals surface area contributed by atoms with Gasteiger partial charge < -0.3 is 15.2 Å². The molecule has 1 aliphatic rings. The highest BCUT2D eigenvalue weighted by Gasteiger charge is 2.29. The van der Waals surface area contributed by atoms with E-state index >= 15 is 0 Å². The van der Waals surface area contributed by atoms with Gasteiger partial charge in [0.15, 0.2) is 5.16 Å². The first-order chi connectivity index (χ1) is 10.1. The topological polar surface area (TPSA) is 92.3 Å². The summed E-state index contributed by atoms with van der Waals surface area (Å²) in [6, 6.07) is 0. The molecule has 0 fully saturated rings. The fourth-order valence-electron chi connectivity index (χ4n) is 2.05. The van der Waals surface area contributed by atoms with Crippen LogP contribution in [-0.4, -0.2) is 39.7 Å². The Labute approximate surface area is 127 Å². The Balaban J connectivity index is 1.94. The number of nitrogens with zero attached hydrogens (tertiary/aromatic N) is 3. The van der Waals surface area contributed by atoms with E-state index in [4.69, 9.17) is 15.2 Å². The van der Waals surface area contributed by atoms with Gasteiger partial charge in [-0.05, 0) is 6.92 Å². The molecule has 1 aromatic rings. The highest BCUT2D eigenvalue weighted by atomic mass is 32.2. The van der Waals surface area contributed by atoms with Gasteiger partial charge in [-0.15, -0.1) is 16.8 Å². The van der Waals surface area contributed by atoms with Crippen LogP contribution in [0.1, 0.15) is 13.3 Å². The van der Waals surface area contributed by atoms with Crippen LogP contribution in [-0.2, 0) is 20.8 Å². The molecule has 2 rings (SSSR count). The lowest BCUT2D eigenvalue weighted by atomic mass is 10.1. The molecule has 8 heteroatoms. The SMILES string of the molecule is C=CCn1c(N)nnc1SC[C@H]1CC(C(=O)OC)=C(C)O1. The third kappa shape index (κ3) is 3.38. The number of thioether (sulfide) groups is 1. The lowest BCUT2D eigenvalue weighted by Gasteiger charge is -2.11. The number of carbonyl (C=O) groups excluding carboxylic acids is 1. The molecule has 114 valence electrons. The van der Waals surface area contributed by atoms with Crippen LogP contribution in [0, 0.1) is 0 Å². The zero-order chi connectivity index (χ0) is 15.4. The van der Waals surface area contributed by atoms with E-state index in [-0.39, 0.29) is 12.1 Å². The van der Waals surface area contributed by atoms with Crippen molar-refractivity contribution in [1.82, 2.24) is 14.8 Å². The Hall–Kier alpha value is -1.96. The van der Waals surface area contributed by atoms with E-state index in [0.717, 1.165) is 0 Å². The minimum Gasteiger partial charge on any atom is -0.493 e. The first kappa shape index (κ1) is 15.4. The number of aromatic nitrogens is 3. The van der Waals surface area contributed by atoms with Crippen molar-refractivity contribution in [2.45, 2.75) is 31.1 Å². The van der Waals surface area contributed by atoms with Crippen molar-refractivity contribution in [3.63, 3.8) is 0 Å².